The van der Waals surface area contributed by atoms with Crippen LogP contribution >= 0.6 is 0 Å². The molecular weight excluding hydrogens is 474 g/mol. The summed E-state index contributed by atoms with van der Waals surface area (Å²) in [4.78, 5) is 25.4. The highest BCUT2D eigenvalue weighted by Crippen LogP contribution is 2.23. The van der Waals surface area contributed by atoms with Gasteiger partial charge in [-0.3, -0.25) is 4.79 Å². The van der Waals surface area contributed by atoms with Crippen molar-refractivity contribution in [1.29, 1.82) is 0 Å². The fraction of sp³-hybridized carbons (Fsp3) is 0.667. The predicted octanol–water partition coefficient (Wildman–Crippen LogP) is 2.26. The van der Waals surface area contributed by atoms with Crippen LogP contribution in [0.15, 0.2) is 29.2 Å². The van der Waals surface area contributed by atoms with E-state index in [1.54, 1.807) is 32.9 Å². The number of alkyl carbamates (subject to hydrolysis) is 1. The minimum atomic E-state index is -3.83. The number of carbonyl (C=O) groups is 2. The van der Waals surface area contributed by atoms with E-state index >= 15 is 0 Å². The van der Waals surface area contributed by atoms with Crippen LogP contribution in [-0.4, -0.2) is 73.8 Å². The highest BCUT2D eigenvalue weighted by atomic mass is 32.2. The van der Waals surface area contributed by atoms with Gasteiger partial charge >= 0.3 is 6.09 Å². The standard InChI is InChI=1S/C24H39N3O7S/c1-16(2)14-20(26-23(30)34-24(3,4)5)22(29)25-19-8-7-13-27(15-21(19)28)35(31,32)18-11-9-17(33-6)10-12-18/h9-12,16,19-21,28H,7-8,13-15H2,1-6H3,(H,25,29)(H,26,30)/t19?,20?,21-/m0/s1. The summed E-state index contributed by atoms with van der Waals surface area (Å²) in [7, 11) is -2.33. The van der Waals surface area contributed by atoms with E-state index < -0.39 is 45.8 Å². The zero-order chi connectivity index (χ0) is 26.4. The Hall–Kier alpha value is -2.37. The number of benzene rings is 1. The average molecular weight is 514 g/mol. The SMILES string of the molecule is COc1ccc(S(=O)(=O)N2CCCC(NC(=O)C(CC(C)C)NC(=O)OC(C)(C)C)[C@@H](O)C2)cc1. The third kappa shape index (κ3) is 8.66. The molecule has 10 nitrogen and oxygen atoms in total. The zero-order valence-electron chi connectivity index (χ0n) is 21.4. The van der Waals surface area contributed by atoms with Crippen LogP contribution in [0.1, 0.15) is 53.9 Å². The summed E-state index contributed by atoms with van der Waals surface area (Å²) < 4.78 is 37.8. The van der Waals surface area contributed by atoms with Crippen LogP contribution in [0.2, 0.25) is 0 Å². The van der Waals surface area contributed by atoms with Gasteiger partial charge in [-0.15, -0.1) is 0 Å². The summed E-state index contributed by atoms with van der Waals surface area (Å²) in [5.74, 6) is 0.212. The smallest absolute Gasteiger partial charge is 0.408 e. The molecule has 0 radical (unpaired) electrons. The Bertz CT molecular complexity index is 958. The second-order valence-electron chi connectivity index (χ2n) is 10.2. The summed E-state index contributed by atoms with van der Waals surface area (Å²) in [6, 6.07) is 4.55. The second-order valence-corrected chi connectivity index (χ2v) is 12.1. The van der Waals surface area contributed by atoms with Gasteiger partial charge in [-0.25, -0.2) is 13.2 Å². The lowest BCUT2D eigenvalue weighted by Crippen LogP contribution is -2.54. The molecule has 11 heteroatoms. The van der Waals surface area contributed by atoms with E-state index in [-0.39, 0.29) is 23.9 Å². The average Bonchev–Trinajstić information content (AvgIpc) is 2.93. The van der Waals surface area contributed by atoms with E-state index in [9.17, 15) is 23.1 Å². The summed E-state index contributed by atoms with van der Waals surface area (Å²) in [6.07, 6.45) is -0.591. The number of β-amino-alcohol motifs (C(OH)–C–C–N with tert-alkyl or cyclic N) is 1. The molecule has 1 aromatic rings. The molecule has 1 aliphatic rings. The lowest BCUT2D eigenvalue weighted by Gasteiger charge is -2.28. The zero-order valence-corrected chi connectivity index (χ0v) is 22.2. The molecule has 0 spiro atoms. The second kappa shape index (κ2) is 12.0. The van der Waals surface area contributed by atoms with Crippen LogP contribution in [0.5, 0.6) is 5.75 Å². The van der Waals surface area contributed by atoms with Crippen LogP contribution in [0.25, 0.3) is 0 Å². The number of aliphatic hydroxyl groups is 1. The van der Waals surface area contributed by atoms with Crippen molar-refractivity contribution >= 4 is 22.0 Å². The molecule has 2 amide bonds. The van der Waals surface area contributed by atoms with Gasteiger partial charge in [0.2, 0.25) is 15.9 Å². The first-order valence-corrected chi connectivity index (χ1v) is 13.3. The Balaban J connectivity index is 2.08. The molecule has 35 heavy (non-hydrogen) atoms. The number of aliphatic hydroxyl groups excluding tert-OH is 1. The molecule has 0 saturated carbocycles. The van der Waals surface area contributed by atoms with Gasteiger partial charge in [-0.2, -0.15) is 4.31 Å². The van der Waals surface area contributed by atoms with Gasteiger partial charge in [0, 0.05) is 13.1 Å². The summed E-state index contributed by atoms with van der Waals surface area (Å²) >= 11 is 0. The Labute approximate surface area is 208 Å². The van der Waals surface area contributed by atoms with Gasteiger partial charge in [-0.05, 0) is 70.2 Å². The molecule has 1 heterocycles. The van der Waals surface area contributed by atoms with Crippen molar-refractivity contribution in [3.05, 3.63) is 24.3 Å². The topological polar surface area (TPSA) is 134 Å². The van der Waals surface area contributed by atoms with Crippen molar-refractivity contribution < 1.29 is 32.6 Å². The molecule has 1 saturated heterocycles. The maximum absolute atomic E-state index is 13.1. The van der Waals surface area contributed by atoms with Crippen molar-refractivity contribution in [3.63, 3.8) is 0 Å². The van der Waals surface area contributed by atoms with E-state index in [1.807, 2.05) is 13.8 Å². The largest absolute Gasteiger partial charge is 0.497 e. The van der Waals surface area contributed by atoms with Gasteiger partial charge in [-0.1, -0.05) is 13.8 Å². The molecule has 3 N–H and O–H groups in total. The molecule has 2 rings (SSSR count). The minimum Gasteiger partial charge on any atom is -0.497 e. The predicted molar refractivity (Wildman–Crippen MR) is 132 cm³/mol. The summed E-state index contributed by atoms with van der Waals surface area (Å²) in [5, 5.41) is 16.2. The molecule has 0 aliphatic carbocycles. The lowest BCUT2D eigenvalue weighted by atomic mass is 10.0. The molecule has 198 valence electrons. The van der Waals surface area contributed by atoms with E-state index in [1.165, 1.54) is 23.5 Å². The highest BCUT2D eigenvalue weighted by molar-refractivity contribution is 7.89. The monoisotopic (exact) mass is 513 g/mol. The number of sulfonamides is 1. The highest BCUT2D eigenvalue weighted by Gasteiger charge is 2.35. The number of methoxy groups -OCH3 is 1. The van der Waals surface area contributed by atoms with Crippen LogP contribution in [0, 0.1) is 5.92 Å². The van der Waals surface area contributed by atoms with Crippen molar-refractivity contribution in [1.82, 2.24) is 14.9 Å². The van der Waals surface area contributed by atoms with Gasteiger partial charge in [0.15, 0.2) is 0 Å². The Morgan fingerprint density at radius 3 is 2.37 bits per heavy atom. The van der Waals surface area contributed by atoms with Crippen molar-refractivity contribution in [2.24, 2.45) is 5.92 Å². The van der Waals surface area contributed by atoms with Gasteiger partial charge in [0.25, 0.3) is 0 Å². The van der Waals surface area contributed by atoms with E-state index in [4.69, 9.17) is 9.47 Å². The Morgan fingerprint density at radius 2 is 1.83 bits per heavy atom. The molecule has 1 fully saturated rings. The van der Waals surface area contributed by atoms with Crippen molar-refractivity contribution in [3.8, 4) is 5.75 Å². The minimum absolute atomic E-state index is 0.103. The first kappa shape index (κ1) is 28.9. The molecule has 1 aliphatic heterocycles. The van der Waals surface area contributed by atoms with Crippen LogP contribution in [-0.2, 0) is 19.6 Å². The number of carbonyl (C=O) groups excluding carboxylic acids is 2. The number of amides is 2. The van der Waals surface area contributed by atoms with Gasteiger partial charge in [0.05, 0.1) is 24.2 Å². The molecular formula is C24H39N3O7S. The fourth-order valence-electron chi connectivity index (χ4n) is 3.83. The number of nitrogens with zero attached hydrogens (tertiary/aromatic N) is 1. The molecule has 0 bridgehead atoms. The third-order valence-electron chi connectivity index (χ3n) is 5.52. The van der Waals surface area contributed by atoms with E-state index in [0.717, 1.165) is 0 Å². The first-order chi connectivity index (χ1) is 16.2. The fourth-order valence-corrected chi connectivity index (χ4v) is 5.32. The van der Waals surface area contributed by atoms with Crippen LogP contribution < -0.4 is 15.4 Å². The molecule has 2 unspecified atom stereocenters. The normalized spacial score (nSPS) is 20.6. The number of nitrogens with one attached hydrogen (secondary N) is 2. The summed E-state index contributed by atoms with van der Waals surface area (Å²) in [6.45, 7) is 9.11. The summed E-state index contributed by atoms with van der Waals surface area (Å²) in [5.41, 5.74) is -0.709. The van der Waals surface area contributed by atoms with E-state index in [2.05, 4.69) is 10.6 Å². The van der Waals surface area contributed by atoms with Crippen LogP contribution in [0.4, 0.5) is 4.79 Å². The maximum atomic E-state index is 13.1. The first-order valence-electron chi connectivity index (χ1n) is 11.8. The van der Waals surface area contributed by atoms with Crippen molar-refractivity contribution in [2.45, 2.75) is 82.6 Å². The number of hydrogen-bond acceptors (Lipinski definition) is 7. The van der Waals surface area contributed by atoms with Gasteiger partial charge < -0.3 is 25.2 Å². The van der Waals surface area contributed by atoms with Gasteiger partial charge in [0.1, 0.15) is 17.4 Å². The number of hydrogen-bond donors (Lipinski definition) is 3. The molecule has 1 aromatic carbocycles. The lowest BCUT2D eigenvalue weighted by molar-refractivity contribution is -0.125. The molecule has 0 aromatic heterocycles. The Kier molecular flexibility index (Phi) is 9.94. The number of ether oxygens (including phenoxy) is 2. The number of rotatable bonds is 8. The van der Waals surface area contributed by atoms with E-state index in [0.29, 0.717) is 25.0 Å². The van der Waals surface area contributed by atoms with Crippen LogP contribution in [0.3, 0.4) is 0 Å². The van der Waals surface area contributed by atoms with Crippen molar-refractivity contribution in [2.75, 3.05) is 20.2 Å². The maximum Gasteiger partial charge on any atom is 0.408 e. The third-order valence-corrected chi connectivity index (χ3v) is 7.40. The molecule has 3 atom stereocenters. The Morgan fingerprint density at radius 1 is 1.20 bits per heavy atom. The quantitative estimate of drug-likeness (QED) is 0.485.